The number of hydrogen-bond donors (Lipinski definition) is 1. The van der Waals surface area contributed by atoms with Crippen molar-refractivity contribution in [2.24, 2.45) is 0 Å². The van der Waals surface area contributed by atoms with E-state index in [2.05, 4.69) is 0 Å². The number of aliphatic carboxylic acids is 1. The van der Waals surface area contributed by atoms with E-state index < -0.39 is 5.97 Å². The topological polar surface area (TPSA) is 55.8 Å². The summed E-state index contributed by atoms with van der Waals surface area (Å²) in [6.45, 7) is 1.31. The summed E-state index contributed by atoms with van der Waals surface area (Å²) in [5, 5.41) is 8.62. The first-order chi connectivity index (χ1) is 7.27. The summed E-state index contributed by atoms with van der Waals surface area (Å²) in [4.78, 5) is 10.5. The molecule has 0 radical (unpaired) electrons. The van der Waals surface area contributed by atoms with Crippen molar-refractivity contribution in [2.75, 3.05) is 13.2 Å². The number of carboxylic acid groups (broad SMARTS) is 1. The molecule has 2 heterocycles. The van der Waals surface area contributed by atoms with Crippen molar-refractivity contribution in [1.29, 1.82) is 0 Å². The molecule has 15 heavy (non-hydrogen) atoms. The molecule has 1 N–H and O–H groups in total. The molecule has 0 aliphatic carbocycles. The van der Waals surface area contributed by atoms with Crippen LogP contribution in [0.15, 0.2) is 23.2 Å². The minimum absolute atomic E-state index is 0.120. The van der Waals surface area contributed by atoms with Gasteiger partial charge in [-0.25, -0.2) is 0 Å². The van der Waals surface area contributed by atoms with E-state index in [0.29, 0.717) is 13.0 Å². The zero-order valence-electron chi connectivity index (χ0n) is 8.49. The molecule has 0 fully saturated rings. The number of hydrogen-bond acceptors (Lipinski definition) is 3. The van der Waals surface area contributed by atoms with Gasteiger partial charge in [-0.3, -0.25) is 4.79 Å². The maximum atomic E-state index is 10.5. The minimum atomic E-state index is -0.792. The standard InChI is InChI=1S/C11H14O4/c12-10(13)4-3-9-7-14-6-8-2-1-5-15-11(8)9/h7H,1-6H2,(H,12,13). The Morgan fingerprint density at radius 1 is 1.53 bits per heavy atom. The highest BCUT2D eigenvalue weighted by Gasteiger charge is 2.22. The molecular formula is C11H14O4. The Bertz CT molecular complexity index is 327. The first kappa shape index (κ1) is 10.1. The molecule has 0 amide bonds. The van der Waals surface area contributed by atoms with Crippen molar-refractivity contribution in [3.63, 3.8) is 0 Å². The molecule has 82 valence electrons. The van der Waals surface area contributed by atoms with Gasteiger partial charge in [-0.2, -0.15) is 0 Å². The highest BCUT2D eigenvalue weighted by atomic mass is 16.5. The summed E-state index contributed by atoms with van der Waals surface area (Å²) in [5.74, 6) is 0.0909. The Balaban J connectivity index is 2.07. The molecule has 0 bridgehead atoms. The van der Waals surface area contributed by atoms with E-state index in [4.69, 9.17) is 14.6 Å². The van der Waals surface area contributed by atoms with Gasteiger partial charge in [0.15, 0.2) is 0 Å². The largest absolute Gasteiger partial charge is 0.496 e. The third-order valence-electron chi connectivity index (χ3n) is 2.57. The first-order valence-corrected chi connectivity index (χ1v) is 5.15. The highest BCUT2D eigenvalue weighted by Crippen LogP contribution is 2.30. The van der Waals surface area contributed by atoms with Crippen molar-refractivity contribution in [3.05, 3.63) is 23.2 Å². The van der Waals surface area contributed by atoms with Gasteiger partial charge in [-0.15, -0.1) is 0 Å². The second-order valence-corrected chi connectivity index (χ2v) is 3.73. The van der Waals surface area contributed by atoms with Crippen LogP contribution in [0.5, 0.6) is 0 Å². The molecule has 4 heteroatoms. The van der Waals surface area contributed by atoms with E-state index in [9.17, 15) is 4.79 Å². The summed E-state index contributed by atoms with van der Waals surface area (Å²) >= 11 is 0. The van der Waals surface area contributed by atoms with Crippen LogP contribution in [0.25, 0.3) is 0 Å². The molecule has 4 nitrogen and oxygen atoms in total. The molecule has 0 atom stereocenters. The van der Waals surface area contributed by atoms with Gasteiger partial charge in [0.25, 0.3) is 0 Å². The maximum absolute atomic E-state index is 10.5. The molecule has 0 aromatic rings. The molecule has 0 aromatic heterocycles. The van der Waals surface area contributed by atoms with Crippen molar-refractivity contribution in [1.82, 2.24) is 0 Å². The Morgan fingerprint density at radius 3 is 3.20 bits per heavy atom. The highest BCUT2D eigenvalue weighted by molar-refractivity contribution is 5.67. The first-order valence-electron chi connectivity index (χ1n) is 5.15. The van der Waals surface area contributed by atoms with Gasteiger partial charge >= 0.3 is 5.97 Å². The van der Waals surface area contributed by atoms with Gasteiger partial charge in [0.05, 0.1) is 12.9 Å². The van der Waals surface area contributed by atoms with Gasteiger partial charge in [0.1, 0.15) is 12.4 Å². The Hall–Kier alpha value is -1.45. The summed E-state index contributed by atoms with van der Waals surface area (Å²) in [7, 11) is 0. The van der Waals surface area contributed by atoms with Crippen LogP contribution in [0.2, 0.25) is 0 Å². The zero-order valence-corrected chi connectivity index (χ0v) is 8.49. The van der Waals surface area contributed by atoms with E-state index in [1.807, 2.05) is 0 Å². The Labute approximate surface area is 88.2 Å². The van der Waals surface area contributed by atoms with Gasteiger partial charge in [0, 0.05) is 17.6 Å². The summed E-state index contributed by atoms with van der Waals surface area (Å²) in [5.41, 5.74) is 2.06. The van der Waals surface area contributed by atoms with Crippen LogP contribution >= 0.6 is 0 Å². The second kappa shape index (κ2) is 4.38. The van der Waals surface area contributed by atoms with Crippen molar-refractivity contribution >= 4 is 5.97 Å². The van der Waals surface area contributed by atoms with Crippen LogP contribution in [0.4, 0.5) is 0 Å². The number of allylic oxidation sites excluding steroid dienone is 1. The summed E-state index contributed by atoms with van der Waals surface area (Å²) in [6, 6.07) is 0. The van der Waals surface area contributed by atoms with Crippen LogP contribution in [-0.2, 0) is 14.3 Å². The number of ether oxygens (including phenoxy) is 2. The van der Waals surface area contributed by atoms with Gasteiger partial charge in [-0.05, 0) is 19.3 Å². The Kier molecular flexibility index (Phi) is 2.94. The lowest BCUT2D eigenvalue weighted by Gasteiger charge is -2.26. The predicted octanol–water partition coefficient (Wildman–Crippen LogP) is 1.83. The molecule has 0 aromatic carbocycles. The van der Waals surface area contributed by atoms with Gasteiger partial charge < -0.3 is 14.6 Å². The van der Waals surface area contributed by atoms with Crippen LogP contribution < -0.4 is 0 Å². The van der Waals surface area contributed by atoms with E-state index in [1.54, 1.807) is 6.26 Å². The fourth-order valence-electron chi connectivity index (χ4n) is 1.84. The van der Waals surface area contributed by atoms with Gasteiger partial charge in [-0.1, -0.05) is 0 Å². The number of carboxylic acids is 1. The van der Waals surface area contributed by atoms with Crippen LogP contribution in [0.1, 0.15) is 25.7 Å². The van der Waals surface area contributed by atoms with Crippen molar-refractivity contribution in [3.8, 4) is 0 Å². The van der Waals surface area contributed by atoms with E-state index in [-0.39, 0.29) is 6.42 Å². The maximum Gasteiger partial charge on any atom is 0.303 e. The number of rotatable bonds is 3. The quantitative estimate of drug-likeness (QED) is 0.772. The average molecular weight is 210 g/mol. The summed E-state index contributed by atoms with van der Waals surface area (Å²) in [6.07, 6.45) is 4.25. The monoisotopic (exact) mass is 210 g/mol. The average Bonchev–Trinajstić information content (AvgIpc) is 2.26. The van der Waals surface area contributed by atoms with E-state index in [1.165, 1.54) is 5.57 Å². The van der Waals surface area contributed by atoms with Crippen LogP contribution in [0.3, 0.4) is 0 Å². The van der Waals surface area contributed by atoms with Crippen LogP contribution in [-0.4, -0.2) is 24.3 Å². The van der Waals surface area contributed by atoms with Crippen molar-refractivity contribution < 1.29 is 19.4 Å². The lowest BCUT2D eigenvalue weighted by atomic mass is 9.99. The smallest absolute Gasteiger partial charge is 0.303 e. The fourth-order valence-corrected chi connectivity index (χ4v) is 1.84. The molecular weight excluding hydrogens is 196 g/mol. The molecule has 0 saturated heterocycles. The lowest BCUT2D eigenvalue weighted by molar-refractivity contribution is -0.136. The lowest BCUT2D eigenvalue weighted by Crippen LogP contribution is -2.16. The third kappa shape index (κ3) is 2.32. The summed E-state index contributed by atoms with van der Waals surface area (Å²) < 4.78 is 10.9. The van der Waals surface area contributed by atoms with E-state index >= 15 is 0 Å². The SMILES string of the molecule is O=C(O)CCC1=COCC2=C1OCCC2. The minimum Gasteiger partial charge on any atom is -0.496 e. The van der Waals surface area contributed by atoms with Crippen molar-refractivity contribution in [2.45, 2.75) is 25.7 Å². The second-order valence-electron chi connectivity index (χ2n) is 3.73. The molecule has 2 rings (SSSR count). The molecule has 0 spiro atoms. The number of carbonyl (C=O) groups is 1. The fraction of sp³-hybridized carbons (Fsp3) is 0.545. The third-order valence-corrected chi connectivity index (χ3v) is 2.57. The molecule has 2 aliphatic rings. The molecule has 0 saturated carbocycles. The van der Waals surface area contributed by atoms with Gasteiger partial charge in [0.2, 0.25) is 0 Å². The molecule has 2 aliphatic heterocycles. The normalized spacial score (nSPS) is 19.9. The molecule has 0 unspecified atom stereocenters. The predicted molar refractivity (Wildman–Crippen MR) is 53.1 cm³/mol. The van der Waals surface area contributed by atoms with Crippen LogP contribution in [0, 0.1) is 0 Å². The zero-order chi connectivity index (χ0) is 10.7. The Morgan fingerprint density at radius 2 is 2.40 bits per heavy atom. The van der Waals surface area contributed by atoms with E-state index in [0.717, 1.165) is 30.8 Å².